The first-order chi connectivity index (χ1) is 17.6. The molecule has 1 aromatic heterocycles. The van der Waals surface area contributed by atoms with E-state index in [1.807, 2.05) is 48.5 Å². The van der Waals surface area contributed by atoms with Crippen LogP contribution in [0.5, 0.6) is 11.5 Å². The van der Waals surface area contributed by atoms with Crippen molar-refractivity contribution in [1.82, 2.24) is 15.3 Å². The largest absolute Gasteiger partial charge is 0.493 e. The zero-order chi connectivity index (χ0) is 25.3. The molecule has 4 rings (SSSR count). The standard InChI is InChI=1S/C29H32N4O3/c1-20(22-13-16-27(35-2)28(18-22)36-3)30-17-7-6-8-21-11-14-23(15-12-21)32-29(34)26-19-31-24-9-4-5-10-25(24)33-26/h4-5,9-16,18-20,30H,6-8,17H2,1-3H3,(H,32,34). The zero-order valence-electron chi connectivity index (χ0n) is 21.0. The summed E-state index contributed by atoms with van der Waals surface area (Å²) in [5, 5.41) is 6.48. The lowest BCUT2D eigenvalue weighted by Crippen LogP contribution is -2.20. The van der Waals surface area contributed by atoms with Gasteiger partial charge in [0.1, 0.15) is 5.69 Å². The Morgan fingerprint density at radius 1 is 0.917 bits per heavy atom. The average Bonchev–Trinajstić information content (AvgIpc) is 2.92. The maximum atomic E-state index is 12.6. The molecule has 0 radical (unpaired) electrons. The van der Waals surface area contributed by atoms with Crippen molar-refractivity contribution in [2.45, 2.75) is 32.2 Å². The summed E-state index contributed by atoms with van der Waals surface area (Å²) in [6.45, 7) is 3.08. The van der Waals surface area contributed by atoms with Crippen molar-refractivity contribution in [2.24, 2.45) is 0 Å². The van der Waals surface area contributed by atoms with Crippen LogP contribution in [-0.4, -0.2) is 36.6 Å². The van der Waals surface area contributed by atoms with E-state index in [9.17, 15) is 4.79 Å². The van der Waals surface area contributed by atoms with E-state index < -0.39 is 0 Å². The Hall–Kier alpha value is -3.97. The average molecular weight is 485 g/mol. The fourth-order valence-corrected chi connectivity index (χ4v) is 4.03. The predicted molar refractivity (Wildman–Crippen MR) is 143 cm³/mol. The molecule has 1 atom stereocenters. The van der Waals surface area contributed by atoms with E-state index in [0.29, 0.717) is 11.2 Å². The smallest absolute Gasteiger partial charge is 0.275 e. The number of aromatic nitrogens is 2. The van der Waals surface area contributed by atoms with E-state index in [-0.39, 0.29) is 11.9 Å². The molecule has 2 N–H and O–H groups in total. The number of ether oxygens (including phenoxy) is 2. The molecule has 3 aromatic carbocycles. The van der Waals surface area contributed by atoms with Gasteiger partial charge in [-0.2, -0.15) is 0 Å². The number of anilines is 1. The van der Waals surface area contributed by atoms with E-state index in [1.165, 1.54) is 17.3 Å². The molecule has 7 heteroatoms. The number of hydrogen-bond acceptors (Lipinski definition) is 6. The molecular formula is C29H32N4O3. The maximum Gasteiger partial charge on any atom is 0.275 e. The van der Waals surface area contributed by atoms with Crippen LogP contribution < -0.4 is 20.1 Å². The highest BCUT2D eigenvalue weighted by atomic mass is 16.5. The van der Waals surface area contributed by atoms with Gasteiger partial charge in [-0.05, 0) is 80.3 Å². The minimum Gasteiger partial charge on any atom is -0.493 e. The molecule has 0 saturated carbocycles. The Bertz CT molecular complexity index is 1310. The number of hydrogen-bond donors (Lipinski definition) is 2. The first kappa shape index (κ1) is 25.1. The van der Waals surface area contributed by atoms with E-state index in [2.05, 4.69) is 45.7 Å². The summed E-state index contributed by atoms with van der Waals surface area (Å²) in [6, 6.07) is 21.7. The third-order valence-electron chi connectivity index (χ3n) is 6.14. The van der Waals surface area contributed by atoms with Crippen LogP contribution >= 0.6 is 0 Å². The number of rotatable bonds is 11. The summed E-state index contributed by atoms with van der Waals surface area (Å²) < 4.78 is 10.7. The van der Waals surface area contributed by atoms with Crippen molar-refractivity contribution in [2.75, 3.05) is 26.1 Å². The predicted octanol–water partition coefficient (Wildman–Crippen LogP) is 5.57. The number of unbranched alkanes of at least 4 members (excludes halogenated alkanes) is 1. The molecule has 0 aliphatic rings. The molecule has 0 saturated heterocycles. The van der Waals surface area contributed by atoms with Gasteiger partial charge in [0, 0.05) is 11.7 Å². The number of para-hydroxylation sites is 2. The number of nitrogens with zero attached hydrogens (tertiary/aromatic N) is 2. The third-order valence-corrected chi connectivity index (χ3v) is 6.14. The van der Waals surface area contributed by atoms with Gasteiger partial charge < -0.3 is 20.1 Å². The quantitative estimate of drug-likeness (QED) is 0.271. The molecule has 0 aliphatic carbocycles. The highest BCUT2D eigenvalue weighted by molar-refractivity contribution is 6.03. The summed E-state index contributed by atoms with van der Waals surface area (Å²) in [5.41, 5.74) is 4.92. The Labute approximate surface area is 211 Å². The number of fused-ring (bicyclic) bond motifs is 1. The second kappa shape index (κ2) is 12.1. The van der Waals surface area contributed by atoms with E-state index >= 15 is 0 Å². The second-order valence-electron chi connectivity index (χ2n) is 8.64. The van der Waals surface area contributed by atoms with Crippen LogP contribution in [0, 0.1) is 0 Å². The van der Waals surface area contributed by atoms with Crippen LogP contribution in [0.2, 0.25) is 0 Å². The van der Waals surface area contributed by atoms with Crippen molar-refractivity contribution in [3.63, 3.8) is 0 Å². The topological polar surface area (TPSA) is 85.4 Å². The molecule has 0 spiro atoms. The molecule has 0 aliphatic heterocycles. The normalized spacial score (nSPS) is 11.8. The number of methoxy groups -OCH3 is 2. The van der Waals surface area contributed by atoms with Gasteiger partial charge in [0.25, 0.3) is 5.91 Å². The van der Waals surface area contributed by atoms with E-state index in [0.717, 1.165) is 48.5 Å². The lowest BCUT2D eigenvalue weighted by molar-refractivity contribution is 0.102. The van der Waals surface area contributed by atoms with Gasteiger partial charge in [-0.1, -0.05) is 30.3 Å². The van der Waals surface area contributed by atoms with Crippen molar-refractivity contribution in [1.29, 1.82) is 0 Å². The number of amides is 1. The van der Waals surface area contributed by atoms with Crippen LogP contribution in [0.1, 0.15) is 47.4 Å². The summed E-state index contributed by atoms with van der Waals surface area (Å²) >= 11 is 0. The van der Waals surface area contributed by atoms with Crippen molar-refractivity contribution < 1.29 is 14.3 Å². The van der Waals surface area contributed by atoms with Gasteiger partial charge in [-0.3, -0.25) is 9.78 Å². The van der Waals surface area contributed by atoms with Crippen molar-refractivity contribution >= 4 is 22.6 Å². The van der Waals surface area contributed by atoms with E-state index in [4.69, 9.17) is 9.47 Å². The number of carbonyl (C=O) groups excluding carboxylic acids is 1. The number of aryl methyl sites for hydroxylation is 1. The highest BCUT2D eigenvalue weighted by Crippen LogP contribution is 2.29. The van der Waals surface area contributed by atoms with Crippen molar-refractivity contribution in [3.05, 3.63) is 89.7 Å². The Kier molecular flexibility index (Phi) is 8.47. The molecule has 1 heterocycles. The number of nitrogens with one attached hydrogen (secondary N) is 2. The van der Waals surface area contributed by atoms with Crippen LogP contribution in [0.4, 0.5) is 5.69 Å². The lowest BCUT2D eigenvalue weighted by Gasteiger charge is -2.16. The molecule has 1 unspecified atom stereocenters. The monoisotopic (exact) mass is 484 g/mol. The van der Waals surface area contributed by atoms with Gasteiger partial charge in [0.15, 0.2) is 11.5 Å². The minimum absolute atomic E-state index is 0.222. The van der Waals surface area contributed by atoms with Gasteiger partial charge in [-0.15, -0.1) is 0 Å². The minimum atomic E-state index is -0.268. The fourth-order valence-electron chi connectivity index (χ4n) is 4.03. The molecule has 0 bridgehead atoms. The van der Waals surface area contributed by atoms with Gasteiger partial charge >= 0.3 is 0 Å². The molecular weight excluding hydrogens is 452 g/mol. The SMILES string of the molecule is COc1ccc(C(C)NCCCCc2ccc(NC(=O)c3cnc4ccccc4n3)cc2)cc1OC. The van der Waals surface area contributed by atoms with Gasteiger partial charge in [0.05, 0.1) is 31.4 Å². The molecule has 186 valence electrons. The maximum absolute atomic E-state index is 12.6. The number of carbonyl (C=O) groups is 1. The Morgan fingerprint density at radius 2 is 1.67 bits per heavy atom. The molecule has 36 heavy (non-hydrogen) atoms. The lowest BCUT2D eigenvalue weighted by atomic mass is 10.1. The van der Waals surface area contributed by atoms with Crippen LogP contribution in [0.15, 0.2) is 72.9 Å². The van der Waals surface area contributed by atoms with Crippen LogP contribution in [-0.2, 0) is 6.42 Å². The Morgan fingerprint density at radius 3 is 2.42 bits per heavy atom. The van der Waals surface area contributed by atoms with Crippen molar-refractivity contribution in [3.8, 4) is 11.5 Å². The Balaban J connectivity index is 1.21. The highest BCUT2D eigenvalue weighted by Gasteiger charge is 2.11. The first-order valence-electron chi connectivity index (χ1n) is 12.1. The van der Waals surface area contributed by atoms with Crippen LogP contribution in [0.3, 0.4) is 0 Å². The van der Waals surface area contributed by atoms with Gasteiger partial charge in [0.2, 0.25) is 0 Å². The van der Waals surface area contributed by atoms with Crippen LogP contribution in [0.25, 0.3) is 11.0 Å². The zero-order valence-corrected chi connectivity index (χ0v) is 21.0. The number of benzene rings is 3. The molecule has 0 fully saturated rings. The molecule has 1 amide bonds. The molecule has 4 aromatic rings. The fraction of sp³-hybridized carbons (Fsp3) is 0.276. The summed E-state index contributed by atoms with van der Waals surface area (Å²) in [5.74, 6) is 1.21. The first-order valence-corrected chi connectivity index (χ1v) is 12.1. The molecule has 7 nitrogen and oxygen atoms in total. The second-order valence-corrected chi connectivity index (χ2v) is 8.64. The van der Waals surface area contributed by atoms with E-state index in [1.54, 1.807) is 14.2 Å². The summed E-state index contributed by atoms with van der Waals surface area (Å²) in [7, 11) is 3.30. The summed E-state index contributed by atoms with van der Waals surface area (Å²) in [4.78, 5) is 21.3. The third kappa shape index (κ3) is 6.37. The summed E-state index contributed by atoms with van der Waals surface area (Å²) in [6.07, 6.45) is 4.63. The van der Waals surface area contributed by atoms with Gasteiger partial charge in [-0.25, -0.2) is 4.98 Å².